The van der Waals surface area contributed by atoms with Crippen LogP contribution >= 0.6 is 11.6 Å². The third-order valence-corrected chi connectivity index (χ3v) is 3.18. The van der Waals surface area contributed by atoms with Crippen LogP contribution < -0.4 is 0 Å². The van der Waals surface area contributed by atoms with Crippen molar-refractivity contribution < 1.29 is 4.79 Å². The molecule has 0 aliphatic carbocycles. The van der Waals surface area contributed by atoms with Crippen LogP contribution in [0.25, 0.3) is 0 Å². The summed E-state index contributed by atoms with van der Waals surface area (Å²) in [6.45, 7) is 1.83. The molecule has 0 amide bonds. The molecule has 1 heterocycles. The molecule has 17 heavy (non-hydrogen) atoms. The molecule has 0 saturated heterocycles. The zero-order valence-corrected chi connectivity index (χ0v) is 10.5. The van der Waals surface area contributed by atoms with Gasteiger partial charge < -0.3 is 0 Å². The Labute approximate surface area is 105 Å². The van der Waals surface area contributed by atoms with Crippen molar-refractivity contribution in [2.45, 2.75) is 13.3 Å². The fourth-order valence-corrected chi connectivity index (χ4v) is 1.98. The van der Waals surface area contributed by atoms with Crippen molar-refractivity contribution in [2.24, 2.45) is 7.05 Å². The SMILES string of the molecule is Cc1nn(C)c(CC(=O)c2ccccc2)c1Cl. The minimum absolute atomic E-state index is 0.0514. The first-order valence-corrected chi connectivity index (χ1v) is 5.73. The summed E-state index contributed by atoms with van der Waals surface area (Å²) in [5.41, 5.74) is 2.21. The first kappa shape index (κ1) is 11.9. The third-order valence-electron chi connectivity index (χ3n) is 2.69. The number of aryl methyl sites for hydroxylation is 2. The predicted octanol–water partition coefficient (Wildman–Crippen LogP) is 2.81. The molecule has 1 aromatic carbocycles. The Morgan fingerprint density at radius 1 is 1.35 bits per heavy atom. The number of nitrogens with zero attached hydrogens (tertiary/aromatic N) is 2. The van der Waals surface area contributed by atoms with E-state index < -0.39 is 0 Å². The highest BCUT2D eigenvalue weighted by atomic mass is 35.5. The monoisotopic (exact) mass is 248 g/mol. The van der Waals surface area contributed by atoms with Gasteiger partial charge in [-0.15, -0.1) is 0 Å². The fourth-order valence-electron chi connectivity index (χ4n) is 1.75. The van der Waals surface area contributed by atoms with E-state index in [-0.39, 0.29) is 12.2 Å². The molecule has 2 aromatic rings. The van der Waals surface area contributed by atoms with Crippen LogP contribution in [0.3, 0.4) is 0 Å². The number of benzene rings is 1. The minimum atomic E-state index is 0.0514. The molecule has 1 aromatic heterocycles. The molecule has 0 saturated carbocycles. The van der Waals surface area contributed by atoms with Crippen LogP contribution in [0.5, 0.6) is 0 Å². The zero-order chi connectivity index (χ0) is 12.4. The van der Waals surface area contributed by atoms with Crippen LogP contribution in [0.2, 0.25) is 5.02 Å². The fraction of sp³-hybridized carbons (Fsp3) is 0.231. The predicted molar refractivity (Wildman–Crippen MR) is 67.4 cm³/mol. The Hall–Kier alpha value is -1.61. The molecule has 0 fully saturated rings. The van der Waals surface area contributed by atoms with Gasteiger partial charge in [0.25, 0.3) is 0 Å². The van der Waals surface area contributed by atoms with Gasteiger partial charge in [-0.2, -0.15) is 5.10 Å². The van der Waals surface area contributed by atoms with Crippen molar-refractivity contribution in [1.82, 2.24) is 9.78 Å². The molecule has 2 rings (SSSR count). The van der Waals surface area contributed by atoms with Gasteiger partial charge >= 0.3 is 0 Å². The van der Waals surface area contributed by atoms with Gasteiger partial charge in [0.2, 0.25) is 0 Å². The molecule has 88 valence electrons. The number of aromatic nitrogens is 2. The van der Waals surface area contributed by atoms with E-state index in [4.69, 9.17) is 11.6 Å². The normalized spacial score (nSPS) is 10.5. The average molecular weight is 249 g/mol. The molecule has 0 unspecified atom stereocenters. The third kappa shape index (κ3) is 2.39. The molecular weight excluding hydrogens is 236 g/mol. The number of rotatable bonds is 3. The highest BCUT2D eigenvalue weighted by Gasteiger charge is 2.15. The van der Waals surface area contributed by atoms with Gasteiger partial charge in [0, 0.05) is 12.6 Å². The van der Waals surface area contributed by atoms with Crippen LogP contribution in [0.15, 0.2) is 30.3 Å². The summed E-state index contributed by atoms with van der Waals surface area (Å²) in [6, 6.07) is 9.20. The van der Waals surface area contributed by atoms with Gasteiger partial charge in [-0.25, -0.2) is 0 Å². The number of ketones is 1. The van der Waals surface area contributed by atoms with Crippen LogP contribution in [-0.4, -0.2) is 15.6 Å². The zero-order valence-electron chi connectivity index (χ0n) is 9.77. The van der Waals surface area contributed by atoms with Crippen molar-refractivity contribution in [3.05, 3.63) is 52.3 Å². The standard InChI is InChI=1S/C13H13ClN2O/c1-9-13(14)11(16(2)15-9)8-12(17)10-6-4-3-5-7-10/h3-7H,8H2,1-2H3. The Morgan fingerprint density at radius 3 is 2.53 bits per heavy atom. The molecule has 0 spiro atoms. The average Bonchev–Trinajstić information content (AvgIpc) is 2.57. The molecule has 3 nitrogen and oxygen atoms in total. The largest absolute Gasteiger partial charge is 0.294 e. The number of hydrogen-bond donors (Lipinski definition) is 0. The molecular formula is C13H13ClN2O. The Balaban J connectivity index is 2.25. The van der Waals surface area contributed by atoms with Crippen LogP contribution in [0.1, 0.15) is 21.7 Å². The lowest BCUT2D eigenvalue weighted by atomic mass is 10.1. The summed E-state index contributed by atoms with van der Waals surface area (Å²) < 4.78 is 1.67. The van der Waals surface area contributed by atoms with Gasteiger partial charge in [0.1, 0.15) is 0 Å². The van der Waals surface area contributed by atoms with Crippen molar-refractivity contribution in [3.8, 4) is 0 Å². The Kier molecular flexibility index (Phi) is 3.29. The Bertz CT molecular complexity index is 546. The molecule has 0 bridgehead atoms. The lowest BCUT2D eigenvalue weighted by Gasteiger charge is -2.02. The molecule has 0 aliphatic rings. The lowest BCUT2D eigenvalue weighted by molar-refractivity contribution is 0.0991. The van der Waals surface area contributed by atoms with Crippen LogP contribution in [0, 0.1) is 6.92 Å². The van der Waals surface area contributed by atoms with Gasteiger partial charge in [-0.1, -0.05) is 41.9 Å². The molecule has 0 N–H and O–H groups in total. The van der Waals surface area contributed by atoms with E-state index in [2.05, 4.69) is 5.10 Å². The van der Waals surface area contributed by atoms with E-state index in [0.717, 1.165) is 11.4 Å². The number of carbonyl (C=O) groups is 1. The highest BCUT2D eigenvalue weighted by molar-refractivity contribution is 6.32. The van der Waals surface area contributed by atoms with Crippen molar-refractivity contribution >= 4 is 17.4 Å². The minimum Gasteiger partial charge on any atom is -0.294 e. The van der Waals surface area contributed by atoms with E-state index in [1.54, 1.807) is 23.9 Å². The van der Waals surface area contributed by atoms with E-state index in [9.17, 15) is 4.79 Å². The van der Waals surface area contributed by atoms with Crippen LogP contribution in [-0.2, 0) is 13.5 Å². The number of halogens is 1. The molecule has 4 heteroatoms. The van der Waals surface area contributed by atoms with Gasteiger partial charge in [0.05, 0.1) is 22.8 Å². The lowest BCUT2D eigenvalue weighted by Crippen LogP contribution is -2.08. The molecule has 0 aliphatic heterocycles. The number of hydrogen-bond acceptors (Lipinski definition) is 2. The summed E-state index contributed by atoms with van der Waals surface area (Å²) >= 11 is 6.11. The molecule has 0 atom stereocenters. The second-order valence-electron chi connectivity index (χ2n) is 3.94. The summed E-state index contributed by atoms with van der Waals surface area (Å²) in [5, 5.41) is 4.77. The number of Topliss-reactive ketones (excluding diaryl/α,β-unsaturated/α-hetero) is 1. The quantitative estimate of drug-likeness (QED) is 0.783. The smallest absolute Gasteiger partial charge is 0.168 e. The summed E-state index contributed by atoms with van der Waals surface area (Å²) in [7, 11) is 1.80. The van der Waals surface area contributed by atoms with Gasteiger partial charge in [-0.05, 0) is 6.92 Å². The van der Waals surface area contributed by atoms with Crippen molar-refractivity contribution in [1.29, 1.82) is 0 Å². The topological polar surface area (TPSA) is 34.9 Å². The first-order chi connectivity index (χ1) is 8.09. The maximum absolute atomic E-state index is 12.0. The van der Waals surface area contributed by atoms with Crippen LogP contribution in [0.4, 0.5) is 0 Å². The maximum atomic E-state index is 12.0. The second-order valence-corrected chi connectivity index (χ2v) is 4.31. The number of carbonyl (C=O) groups excluding carboxylic acids is 1. The van der Waals surface area contributed by atoms with E-state index in [1.807, 2.05) is 25.1 Å². The first-order valence-electron chi connectivity index (χ1n) is 5.36. The summed E-state index contributed by atoms with van der Waals surface area (Å²) in [6.07, 6.45) is 0.278. The Morgan fingerprint density at radius 2 is 2.00 bits per heavy atom. The van der Waals surface area contributed by atoms with E-state index in [1.165, 1.54) is 0 Å². The maximum Gasteiger partial charge on any atom is 0.168 e. The van der Waals surface area contributed by atoms with Crippen molar-refractivity contribution in [2.75, 3.05) is 0 Å². The highest BCUT2D eigenvalue weighted by Crippen LogP contribution is 2.20. The van der Waals surface area contributed by atoms with E-state index in [0.29, 0.717) is 10.6 Å². The second kappa shape index (κ2) is 4.72. The van der Waals surface area contributed by atoms with Crippen molar-refractivity contribution in [3.63, 3.8) is 0 Å². The summed E-state index contributed by atoms with van der Waals surface area (Å²) in [5.74, 6) is 0.0514. The summed E-state index contributed by atoms with van der Waals surface area (Å²) in [4.78, 5) is 12.0. The van der Waals surface area contributed by atoms with Gasteiger partial charge in [-0.3, -0.25) is 9.48 Å². The van der Waals surface area contributed by atoms with E-state index >= 15 is 0 Å². The molecule has 0 radical (unpaired) electrons. The van der Waals surface area contributed by atoms with Gasteiger partial charge in [0.15, 0.2) is 5.78 Å².